The minimum absolute atomic E-state index is 0.0903. The van der Waals surface area contributed by atoms with Crippen LogP contribution in [0.2, 0.25) is 0 Å². The molecule has 0 amide bonds. The fourth-order valence-corrected chi connectivity index (χ4v) is 2.88. The van der Waals surface area contributed by atoms with Crippen molar-refractivity contribution in [2.75, 3.05) is 32.8 Å². The van der Waals surface area contributed by atoms with E-state index in [1.165, 1.54) is 5.56 Å². The van der Waals surface area contributed by atoms with Crippen molar-refractivity contribution in [2.45, 2.75) is 18.6 Å². The number of morpholine rings is 1. The predicted molar refractivity (Wildman–Crippen MR) is 67.9 cm³/mol. The Hall–Kier alpha value is -0.900. The fourth-order valence-electron chi connectivity index (χ4n) is 2.88. The van der Waals surface area contributed by atoms with E-state index in [9.17, 15) is 0 Å². The summed E-state index contributed by atoms with van der Waals surface area (Å²) >= 11 is 0. The van der Waals surface area contributed by atoms with E-state index in [-0.39, 0.29) is 5.60 Å². The highest BCUT2D eigenvalue weighted by molar-refractivity contribution is 5.14. The van der Waals surface area contributed by atoms with Gasteiger partial charge in [0.2, 0.25) is 0 Å². The lowest BCUT2D eigenvalue weighted by Crippen LogP contribution is -2.52. The van der Waals surface area contributed by atoms with Gasteiger partial charge in [-0.05, 0) is 18.5 Å². The summed E-state index contributed by atoms with van der Waals surface area (Å²) in [7, 11) is 0. The first-order chi connectivity index (χ1) is 8.36. The molecule has 0 aliphatic carbocycles. The lowest BCUT2D eigenvalue weighted by atomic mass is 10.0. The molecule has 0 aromatic heterocycles. The van der Waals surface area contributed by atoms with Gasteiger partial charge in [-0.2, -0.15) is 0 Å². The highest BCUT2D eigenvalue weighted by Crippen LogP contribution is 2.25. The first-order valence-corrected chi connectivity index (χ1v) is 6.47. The van der Waals surface area contributed by atoms with Crippen molar-refractivity contribution in [2.24, 2.45) is 0 Å². The number of rotatable bonds is 2. The molecule has 17 heavy (non-hydrogen) atoms. The van der Waals surface area contributed by atoms with Gasteiger partial charge >= 0.3 is 0 Å². The van der Waals surface area contributed by atoms with Gasteiger partial charge in [-0.1, -0.05) is 30.3 Å². The SMILES string of the molecule is c1ccc(CN2CCOC3(CCNC3)C2)cc1. The van der Waals surface area contributed by atoms with Gasteiger partial charge < -0.3 is 10.1 Å². The van der Waals surface area contributed by atoms with Crippen LogP contribution in [0.15, 0.2) is 30.3 Å². The monoisotopic (exact) mass is 232 g/mol. The zero-order chi connectivity index (χ0) is 11.6. The van der Waals surface area contributed by atoms with Crippen LogP contribution >= 0.6 is 0 Å². The zero-order valence-corrected chi connectivity index (χ0v) is 10.2. The molecule has 2 saturated heterocycles. The lowest BCUT2D eigenvalue weighted by molar-refractivity contribution is -0.0984. The maximum absolute atomic E-state index is 5.99. The number of nitrogens with one attached hydrogen (secondary N) is 1. The molecule has 1 N–H and O–H groups in total. The van der Waals surface area contributed by atoms with Crippen LogP contribution in [-0.4, -0.2) is 43.3 Å². The Morgan fingerprint density at radius 1 is 1.29 bits per heavy atom. The summed E-state index contributed by atoms with van der Waals surface area (Å²) in [5.74, 6) is 0. The maximum Gasteiger partial charge on any atom is 0.0945 e. The minimum Gasteiger partial charge on any atom is -0.371 e. The highest BCUT2D eigenvalue weighted by Gasteiger charge is 2.39. The normalized spacial score (nSPS) is 29.9. The average Bonchev–Trinajstić information content (AvgIpc) is 2.79. The quantitative estimate of drug-likeness (QED) is 0.830. The van der Waals surface area contributed by atoms with Crippen molar-refractivity contribution >= 4 is 0 Å². The second-order valence-electron chi connectivity index (χ2n) is 5.15. The molecular weight excluding hydrogens is 212 g/mol. The van der Waals surface area contributed by atoms with Crippen LogP contribution in [0, 0.1) is 0 Å². The average molecular weight is 232 g/mol. The third-order valence-corrected chi connectivity index (χ3v) is 3.78. The van der Waals surface area contributed by atoms with Crippen molar-refractivity contribution in [3.8, 4) is 0 Å². The largest absolute Gasteiger partial charge is 0.371 e. The standard InChI is InChI=1S/C14H20N2O/c1-2-4-13(5-3-1)10-16-8-9-17-14(12-16)6-7-15-11-14/h1-5,15H,6-12H2. The highest BCUT2D eigenvalue weighted by atomic mass is 16.5. The number of hydrogen-bond donors (Lipinski definition) is 1. The summed E-state index contributed by atoms with van der Waals surface area (Å²) in [5.41, 5.74) is 1.49. The van der Waals surface area contributed by atoms with Crippen LogP contribution in [0.25, 0.3) is 0 Å². The van der Waals surface area contributed by atoms with E-state index >= 15 is 0 Å². The molecule has 2 aliphatic heterocycles. The van der Waals surface area contributed by atoms with Crippen molar-refractivity contribution in [1.82, 2.24) is 10.2 Å². The summed E-state index contributed by atoms with van der Waals surface area (Å²) in [6, 6.07) is 10.7. The molecule has 0 saturated carbocycles. The molecule has 1 unspecified atom stereocenters. The Kier molecular flexibility index (Phi) is 3.14. The van der Waals surface area contributed by atoms with Crippen molar-refractivity contribution in [1.29, 1.82) is 0 Å². The van der Waals surface area contributed by atoms with Crippen LogP contribution in [0.3, 0.4) is 0 Å². The molecule has 0 bridgehead atoms. The van der Waals surface area contributed by atoms with E-state index in [0.29, 0.717) is 0 Å². The Morgan fingerprint density at radius 2 is 2.18 bits per heavy atom. The molecule has 3 nitrogen and oxygen atoms in total. The molecule has 3 rings (SSSR count). The van der Waals surface area contributed by atoms with Gasteiger partial charge in [-0.25, -0.2) is 0 Å². The van der Waals surface area contributed by atoms with Gasteiger partial charge in [0.1, 0.15) is 0 Å². The Labute approximate surface area is 103 Å². The molecule has 2 heterocycles. The third-order valence-electron chi connectivity index (χ3n) is 3.78. The molecule has 1 aromatic carbocycles. The van der Waals surface area contributed by atoms with Gasteiger partial charge in [0, 0.05) is 26.2 Å². The lowest BCUT2D eigenvalue weighted by Gasteiger charge is -2.40. The van der Waals surface area contributed by atoms with Gasteiger partial charge in [-0.15, -0.1) is 0 Å². The predicted octanol–water partition coefficient (Wildman–Crippen LogP) is 1.25. The summed E-state index contributed by atoms with van der Waals surface area (Å²) < 4.78 is 5.99. The van der Waals surface area contributed by atoms with E-state index in [0.717, 1.165) is 45.8 Å². The topological polar surface area (TPSA) is 24.5 Å². The molecule has 1 atom stereocenters. The molecular formula is C14H20N2O. The Bertz CT molecular complexity index is 360. The number of benzene rings is 1. The van der Waals surface area contributed by atoms with Crippen molar-refractivity contribution in [3.05, 3.63) is 35.9 Å². The van der Waals surface area contributed by atoms with Gasteiger partial charge in [0.05, 0.1) is 12.2 Å². The van der Waals surface area contributed by atoms with E-state index < -0.39 is 0 Å². The summed E-state index contributed by atoms with van der Waals surface area (Å²) in [4.78, 5) is 2.52. The van der Waals surface area contributed by atoms with Crippen LogP contribution in [-0.2, 0) is 11.3 Å². The Morgan fingerprint density at radius 3 is 2.94 bits per heavy atom. The minimum atomic E-state index is 0.0903. The van der Waals surface area contributed by atoms with Crippen molar-refractivity contribution < 1.29 is 4.74 Å². The van der Waals surface area contributed by atoms with Crippen LogP contribution in [0.5, 0.6) is 0 Å². The van der Waals surface area contributed by atoms with Gasteiger partial charge in [0.25, 0.3) is 0 Å². The summed E-state index contributed by atoms with van der Waals surface area (Å²) in [6.45, 7) is 6.14. The smallest absolute Gasteiger partial charge is 0.0945 e. The van der Waals surface area contributed by atoms with Crippen LogP contribution in [0.1, 0.15) is 12.0 Å². The van der Waals surface area contributed by atoms with E-state index in [1.807, 2.05) is 0 Å². The molecule has 3 heteroatoms. The molecule has 92 valence electrons. The molecule has 1 aromatic rings. The molecule has 2 aliphatic rings. The van der Waals surface area contributed by atoms with E-state index in [2.05, 4.69) is 40.5 Å². The summed E-state index contributed by atoms with van der Waals surface area (Å²) in [6.07, 6.45) is 1.15. The second kappa shape index (κ2) is 4.77. The molecule has 2 fully saturated rings. The number of nitrogens with zero attached hydrogens (tertiary/aromatic N) is 1. The molecule has 0 radical (unpaired) electrons. The first-order valence-electron chi connectivity index (χ1n) is 6.47. The van der Waals surface area contributed by atoms with E-state index in [1.54, 1.807) is 0 Å². The van der Waals surface area contributed by atoms with Gasteiger partial charge in [-0.3, -0.25) is 4.90 Å². The fraction of sp³-hybridized carbons (Fsp3) is 0.571. The third kappa shape index (κ3) is 2.51. The first kappa shape index (κ1) is 11.2. The maximum atomic E-state index is 5.99. The number of hydrogen-bond acceptors (Lipinski definition) is 3. The number of ether oxygens (including phenoxy) is 1. The second-order valence-corrected chi connectivity index (χ2v) is 5.15. The van der Waals surface area contributed by atoms with Crippen LogP contribution < -0.4 is 5.32 Å². The molecule has 1 spiro atoms. The Balaban J connectivity index is 1.64. The zero-order valence-electron chi connectivity index (χ0n) is 10.2. The summed E-state index contributed by atoms with van der Waals surface area (Å²) in [5, 5.41) is 3.42. The van der Waals surface area contributed by atoms with Crippen LogP contribution in [0.4, 0.5) is 0 Å². The van der Waals surface area contributed by atoms with Gasteiger partial charge in [0.15, 0.2) is 0 Å². The van der Waals surface area contributed by atoms with Crippen molar-refractivity contribution in [3.63, 3.8) is 0 Å². The van der Waals surface area contributed by atoms with E-state index in [4.69, 9.17) is 4.74 Å².